The molecule has 4 nitrogen and oxygen atoms in total. The third kappa shape index (κ3) is 4.62. The molecule has 0 saturated carbocycles. The quantitative estimate of drug-likeness (QED) is 0.863. The number of amides is 1. The van der Waals surface area contributed by atoms with E-state index in [0.717, 1.165) is 25.1 Å². The average Bonchev–Trinajstić information content (AvgIpc) is 3.24. The van der Waals surface area contributed by atoms with Gasteiger partial charge in [-0.3, -0.25) is 4.79 Å². The number of carbonyl (C=O) groups excluding carboxylic acids is 1. The Bertz CT molecular complexity index is 564. The summed E-state index contributed by atoms with van der Waals surface area (Å²) in [5.74, 6) is 1.34. The summed E-state index contributed by atoms with van der Waals surface area (Å²) in [6.07, 6.45) is 3.60. The van der Waals surface area contributed by atoms with Crippen LogP contribution in [-0.4, -0.2) is 60.1 Å². The van der Waals surface area contributed by atoms with E-state index < -0.39 is 0 Å². The Morgan fingerprint density at radius 1 is 1.12 bits per heavy atom. The molecule has 0 bridgehead atoms. The normalized spacial score (nSPS) is 24.4. The first-order chi connectivity index (χ1) is 12.1. The first-order valence-electron chi connectivity index (χ1n) is 9.78. The van der Waals surface area contributed by atoms with Crippen molar-refractivity contribution in [2.45, 2.75) is 33.1 Å². The second-order valence-electron chi connectivity index (χ2n) is 8.22. The molecule has 4 heteroatoms. The summed E-state index contributed by atoms with van der Waals surface area (Å²) in [7, 11) is 0. The van der Waals surface area contributed by atoms with Gasteiger partial charge in [0, 0.05) is 37.7 Å². The summed E-state index contributed by atoms with van der Waals surface area (Å²) in [5.41, 5.74) is 2.05. The summed E-state index contributed by atoms with van der Waals surface area (Å²) >= 11 is 0. The molecule has 0 aromatic heterocycles. The zero-order valence-corrected chi connectivity index (χ0v) is 15.7. The highest BCUT2D eigenvalue weighted by atomic mass is 16.3. The lowest BCUT2D eigenvalue weighted by molar-refractivity contribution is 0.0779. The molecule has 0 unspecified atom stereocenters. The predicted octanol–water partition coefficient (Wildman–Crippen LogP) is 2.66. The van der Waals surface area contributed by atoms with Crippen LogP contribution in [0.4, 0.5) is 0 Å². The van der Waals surface area contributed by atoms with Crippen LogP contribution in [0, 0.1) is 17.8 Å². The molecule has 1 aromatic rings. The minimum Gasteiger partial charge on any atom is -0.396 e. The highest BCUT2D eigenvalue weighted by Gasteiger charge is 2.36. The van der Waals surface area contributed by atoms with Gasteiger partial charge < -0.3 is 14.9 Å². The van der Waals surface area contributed by atoms with E-state index in [-0.39, 0.29) is 18.4 Å². The van der Waals surface area contributed by atoms with Crippen molar-refractivity contribution in [3.8, 4) is 0 Å². The Morgan fingerprint density at radius 2 is 1.76 bits per heavy atom. The number of aliphatic hydroxyl groups is 1. The molecule has 0 spiro atoms. The fourth-order valence-electron chi connectivity index (χ4n) is 4.25. The van der Waals surface area contributed by atoms with Gasteiger partial charge in [-0.1, -0.05) is 26.0 Å². The van der Waals surface area contributed by atoms with E-state index in [0.29, 0.717) is 18.4 Å². The monoisotopic (exact) mass is 344 g/mol. The molecule has 2 aliphatic heterocycles. The molecule has 2 aliphatic rings. The van der Waals surface area contributed by atoms with Crippen molar-refractivity contribution in [3.05, 3.63) is 35.4 Å². The van der Waals surface area contributed by atoms with Crippen LogP contribution in [0.15, 0.2) is 24.3 Å². The van der Waals surface area contributed by atoms with Crippen molar-refractivity contribution in [3.63, 3.8) is 0 Å². The van der Waals surface area contributed by atoms with Gasteiger partial charge in [-0.05, 0) is 61.9 Å². The predicted molar refractivity (Wildman–Crippen MR) is 101 cm³/mol. The van der Waals surface area contributed by atoms with Gasteiger partial charge >= 0.3 is 0 Å². The molecule has 2 fully saturated rings. The van der Waals surface area contributed by atoms with Crippen molar-refractivity contribution in [1.82, 2.24) is 9.80 Å². The van der Waals surface area contributed by atoms with Crippen molar-refractivity contribution < 1.29 is 9.90 Å². The molecular weight excluding hydrogens is 312 g/mol. The van der Waals surface area contributed by atoms with Gasteiger partial charge in [-0.2, -0.15) is 0 Å². The number of carbonyl (C=O) groups is 1. The fraction of sp³-hybridized carbons (Fsp3) is 0.667. The lowest BCUT2D eigenvalue weighted by Gasteiger charge is -2.23. The van der Waals surface area contributed by atoms with Crippen LogP contribution in [0.1, 0.15) is 42.6 Å². The van der Waals surface area contributed by atoms with E-state index in [4.69, 9.17) is 0 Å². The van der Waals surface area contributed by atoms with Gasteiger partial charge in [0.25, 0.3) is 5.91 Å². The topological polar surface area (TPSA) is 43.8 Å². The molecule has 2 heterocycles. The molecule has 1 N–H and O–H groups in total. The summed E-state index contributed by atoms with van der Waals surface area (Å²) in [5, 5.41) is 9.74. The van der Waals surface area contributed by atoms with Crippen LogP contribution in [0.25, 0.3) is 0 Å². The van der Waals surface area contributed by atoms with E-state index in [9.17, 15) is 9.90 Å². The number of nitrogens with zero attached hydrogens (tertiary/aromatic N) is 2. The number of hydrogen-bond donors (Lipinski definition) is 1. The minimum absolute atomic E-state index is 0.110. The molecular formula is C21H32N2O2. The first-order valence-corrected chi connectivity index (χ1v) is 9.78. The molecule has 3 rings (SSSR count). The summed E-state index contributed by atoms with van der Waals surface area (Å²) < 4.78 is 0. The Balaban J connectivity index is 1.61. The molecule has 1 aromatic carbocycles. The molecule has 2 saturated heterocycles. The Kier molecular flexibility index (Phi) is 6.13. The van der Waals surface area contributed by atoms with Crippen LogP contribution < -0.4 is 0 Å². The third-order valence-electron chi connectivity index (χ3n) is 5.63. The van der Waals surface area contributed by atoms with Crippen LogP contribution in [0.2, 0.25) is 0 Å². The third-order valence-corrected chi connectivity index (χ3v) is 5.63. The second-order valence-corrected chi connectivity index (χ2v) is 8.22. The standard InChI is InChI=1S/C21H32N2O2/c1-16(2)11-17-5-7-18(8-6-17)21(25)23-13-19(20(14-23)15-24)12-22-9-3-4-10-22/h5-8,16,19-20,24H,3-4,9-15H2,1-2H3/t19-,20-/m1/s1. The lowest BCUT2D eigenvalue weighted by Crippen LogP contribution is -2.32. The van der Waals surface area contributed by atoms with Gasteiger partial charge in [0.05, 0.1) is 0 Å². The molecule has 0 radical (unpaired) electrons. The largest absolute Gasteiger partial charge is 0.396 e. The van der Waals surface area contributed by atoms with Crippen LogP contribution in [0.3, 0.4) is 0 Å². The molecule has 2 atom stereocenters. The van der Waals surface area contributed by atoms with Crippen LogP contribution in [0.5, 0.6) is 0 Å². The Labute approximate surface area is 151 Å². The number of likely N-dealkylation sites (tertiary alicyclic amines) is 2. The minimum atomic E-state index is 0.110. The average molecular weight is 344 g/mol. The maximum Gasteiger partial charge on any atom is 0.253 e. The zero-order valence-electron chi connectivity index (χ0n) is 15.7. The first kappa shape index (κ1) is 18.4. The lowest BCUT2D eigenvalue weighted by atomic mass is 9.96. The van der Waals surface area contributed by atoms with Crippen molar-refractivity contribution in [1.29, 1.82) is 0 Å². The number of aliphatic hydroxyl groups excluding tert-OH is 1. The molecule has 0 aliphatic carbocycles. The number of hydrogen-bond acceptors (Lipinski definition) is 3. The van der Waals surface area contributed by atoms with Crippen LogP contribution >= 0.6 is 0 Å². The maximum absolute atomic E-state index is 12.9. The summed E-state index contributed by atoms with van der Waals surface area (Å²) in [6.45, 7) is 9.39. The smallest absolute Gasteiger partial charge is 0.253 e. The molecule has 1 amide bonds. The van der Waals surface area contributed by atoms with Crippen LogP contribution in [-0.2, 0) is 6.42 Å². The molecule has 25 heavy (non-hydrogen) atoms. The van der Waals surface area contributed by atoms with Gasteiger partial charge in [-0.15, -0.1) is 0 Å². The van der Waals surface area contributed by atoms with E-state index >= 15 is 0 Å². The highest BCUT2D eigenvalue weighted by molar-refractivity contribution is 5.94. The second kappa shape index (κ2) is 8.33. The highest BCUT2D eigenvalue weighted by Crippen LogP contribution is 2.27. The maximum atomic E-state index is 12.9. The van der Waals surface area contributed by atoms with Crippen molar-refractivity contribution in [2.75, 3.05) is 39.3 Å². The van der Waals surface area contributed by atoms with Gasteiger partial charge in [0.15, 0.2) is 0 Å². The van der Waals surface area contributed by atoms with E-state index in [2.05, 4.69) is 30.9 Å². The van der Waals surface area contributed by atoms with Gasteiger partial charge in [-0.25, -0.2) is 0 Å². The Morgan fingerprint density at radius 3 is 2.36 bits per heavy atom. The zero-order chi connectivity index (χ0) is 17.8. The Hall–Kier alpha value is -1.39. The van der Waals surface area contributed by atoms with Gasteiger partial charge in [0.2, 0.25) is 0 Å². The van der Waals surface area contributed by atoms with Gasteiger partial charge in [0.1, 0.15) is 0 Å². The van der Waals surface area contributed by atoms with Crippen molar-refractivity contribution >= 4 is 5.91 Å². The fourth-order valence-corrected chi connectivity index (χ4v) is 4.25. The van der Waals surface area contributed by atoms with E-state index in [1.807, 2.05) is 17.0 Å². The van der Waals surface area contributed by atoms with Crippen molar-refractivity contribution in [2.24, 2.45) is 17.8 Å². The number of benzene rings is 1. The van der Waals surface area contributed by atoms with E-state index in [1.54, 1.807) is 0 Å². The molecule has 138 valence electrons. The summed E-state index contributed by atoms with van der Waals surface area (Å²) in [6, 6.07) is 8.08. The van der Waals surface area contributed by atoms with E-state index in [1.165, 1.54) is 31.5 Å². The SMILES string of the molecule is CC(C)Cc1ccc(C(=O)N2C[C@@H](CN3CCCC3)[C@@H](CO)C2)cc1. The number of rotatable bonds is 6. The summed E-state index contributed by atoms with van der Waals surface area (Å²) in [4.78, 5) is 17.3.